The van der Waals surface area contributed by atoms with Gasteiger partial charge in [0.05, 0.1) is 17.0 Å². The smallest absolute Gasteiger partial charge is 0.241 e. The van der Waals surface area contributed by atoms with Crippen LogP contribution in [0, 0.1) is 23.2 Å². The number of nitrogens with zero attached hydrogens (tertiary/aromatic N) is 1. The number of hydrogen-bond donors (Lipinski definition) is 1. The van der Waals surface area contributed by atoms with Crippen molar-refractivity contribution in [1.82, 2.24) is 0 Å². The molecule has 4 atom stereocenters. The summed E-state index contributed by atoms with van der Waals surface area (Å²) in [7, 11) is 0. The van der Waals surface area contributed by atoms with Crippen LogP contribution in [0.4, 0.5) is 5.69 Å². The fraction of sp³-hybridized carbons (Fsp3) is 0.375. The highest BCUT2D eigenvalue weighted by molar-refractivity contribution is 6.32. The summed E-state index contributed by atoms with van der Waals surface area (Å²) >= 11 is 5.94. The molecule has 2 amide bonds. The van der Waals surface area contributed by atoms with E-state index in [1.807, 2.05) is 19.1 Å². The van der Waals surface area contributed by atoms with Crippen LogP contribution in [0.3, 0.4) is 0 Å². The van der Waals surface area contributed by atoms with Crippen molar-refractivity contribution in [2.75, 3.05) is 4.90 Å². The van der Waals surface area contributed by atoms with Gasteiger partial charge in [0.25, 0.3) is 0 Å². The molecule has 4 nitrogen and oxygen atoms in total. The SMILES string of the molecule is CC12C(=O)N(c3cc(Cl)ccc3O)C(=O)C1[C@@H]1C=C[C@H]2C1. The number of rotatable bonds is 1. The van der Waals surface area contributed by atoms with Gasteiger partial charge in [-0.1, -0.05) is 23.8 Å². The normalized spacial score (nSPS) is 36.7. The predicted octanol–water partition coefficient (Wildman–Crippen LogP) is 2.75. The van der Waals surface area contributed by atoms with Crippen LogP contribution >= 0.6 is 11.6 Å². The molecule has 1 aliphatic heterocycles. The lowest BCUT2D eigenvalue weighted by Crippen LogP contribution is -2.37. The quantitative estimate of drug-likeness (QED) is 0.641. The summed E-state index contributed by atoms with van der Waals surface area (Å²) in [6.45, 7) is 1.87. The minimum atomic E-state index is -0.689. The Morgan fingerprint density at radius 2 is 2.10 bits per heavy atom. The number of phenolic OH excluding ortho intramolecular Hbond substituents is 1. The second-order valence-electron chi connectivity index (χ2n) is 6.26. The molecular formula is C16H14ClNO3. The zero-order valence-electron chi connectivity index (χ0n) is 11.4. The molecule has 1 saturated carbocycles. The van der Waals surface area contributed by atoms with E-state index in [2.05, 4.69) is 0 Å². The molecular weight excluding hydrogens is 290 g/mol. The van der Waals surface area contributed by atoms with Gasteiger partial charge in [0, 0.05) is 5.02 Å². The number of hydrogen-bond acceptors (Lipinski definition) is 3. The van der Waals surface area contributed by atoms with Gasteiger partial charge in [0.2, 0.25) is 11.8 Å². The first-order valence-electron chi connectivity index (χ1n) is 7.00. The number of carbonyl (C=O) groups excluding carboxylic acids is 2. The molecule has 0 spiro atoms. The van der Waals surface area contributed by atoms with Gasteiger partial charge in [-0.25, -0.2) is 4.90 Å². The van der Waals surface area contributed by atoms with Crippen molar-refractivity contribution in [1.29, 1.82) is 0 Å². The van der Waals surface area contributed by atoms with E-state index >= 15 is 0 Å². The summed E-state index contributed by atoms with van der Waals surface area (Å²) in [4.78, 5) is 26.8. The van der Waals surface area contributed by atoms with Gasteiger partial charge < -0.3 is 5.11 Å². The first-order valence-corrected chi connectivity index (χ1v) is 7.37. The summed E-state index contributed by atoms with van der Waals surface area (Å²) in [5.41, 5.74) is -0.502. The molecule has 1 saturated heterocycles. The molecule has 2 unspecified atom stereocenters. The molecule has 108 valence electrons. The lowest BCUT2D eigenvalue weighted by molar-refractivity contribution is -0.127. The van der Waals surface area contributed by atoms with E-state index in [1.165, 1.54) is 18.2 Å². The monoisotopic (exact) mass is 303 g/mol. The Morgan fingerprint density at radius 1 is 1.33 bits per heavy atom. The molecule has 3 aliphatic rings. The standard InChI is InChI=1S/C16H14ClNO3/c1-16-9-3-2-8(6-9)13(16)14(20)18(15(16)21)11-7-10(17)4-5-12(11)19/h2-5,7-9,13,19H,6H2,1H3/t8-,9+,13?,16?/m1/s1. The van der Waals surface area contributed by atoms with Gasteiger partial charge in [-0.2, -0.15) is 0 Å². The zero-order chi connectivity index (χ0) is 14.9. The van der Waals surface area contributed by atoms with Gasteiger partial charge in [0.1, 0.15) is 5.75 Å². The van der Waals surface area contributed by atoms with Crippen LogP contribution in [-0.4, -0.2) is 16.9 Å². The molecule has 4 rings (SSSR count). The third-order valence-electron chi connectivity index (χ3n) is 5.29. The topological polar surface area (TPSA) is 57.6 Å². The molecule has 1 aromatic carbocycles. The van der Waals surface area contributed by atoms with Crippen LogP contribution in [0.2, 0.25) is 5.02 Å². The van der Waals surface area contributed by atoms with Gasteiger partial charge in [-0.15, -0.1) is 0 Å². The predicted molar refractivity (Wildman–Crippen MR) is 77.9 cm³/mol. The maximum Gasteiger partial charge on any atom is 0.241 e. The molecule has 0 radical (unpaired) electrons. The van der Waals surface area contributed by atoms with Crippen molar-refractivity contribution in [3.8, 4) is 5.75 Å². The molecule has 2 aliphatic carbocycles. The highest BCUT2D eigenvalue weighted by Crippen LogP contribution is 2.61. The number of halogens is 1. The van der Waals surface area contributed by atoms with Crippen molar-refractivity contribution in [3.05, 3.63) is 35.4 Å². The lowest BCUT2D eigenvalue weighted by atomic mass is 9.71. The summed E-state index contributed by atoms with van der Waals surface area (Å²) < 4.78 is 0. The number of fused-ring (bicyclic) bond motifs is 5. The maximum absolute atomic E-state index is 12.9. The third-order valence-corrected chi connectivity index (χ3v) is 5.52. The van der Waals surface area contributed by atoms with Crippen molar-refractivity contribution in [2.24, 2.45) is 23.2 Å². The average Bonchev–Trinajstić information content (AvgIpc) is 3.06. The van der Waals surface area contributed by atoms with Crippen LogP contribution in [0.1, 0.15) is 13.3 Å². The van der Waals surface area contributed by atoms with Crippen molar-refractivity contribution in [3.63, 3.8) is 0 Å². The van der Waals surface area contributed by atoms with E-state index in [0.29, 0.717) is 5.02 Å². The molecule has 1 N–H and O–H groups in total. The summed E-state index contributed by atoms with van der Waals surface area (Å²) in [5.74, 6) is -0.648. The minimum absolute atomic E-state index is 0.107. The van der Waals surface area contributed by atoms with E-state index in [9.17, 15) is 14.7 Å². The van der Waals surface area contributed by atoms with Crippen LogP contribution < -0.4 is 4.90 Å². The largest absolute Gasteiger partial charge is 0.506 e. The van der Waals surface area contributed by atoms with Crippen molar-refractivity contribution in [2.45, 2.75) is 13.3 Å². The Kier molecular flexibility index (Phi) is 2.39. The molecule has 1 aromatic rings. The number of phenols is 1. The Balaban J connectivity index is 1.85. The van der Waals surface area contributed by atoms with Gasteiger partial charge >= 0.3 is 0 Å². The zero-order valence-corrected chi connectivity index (χ0v) is 12.2. The third kappa shape index (κ3) is 1.41. The van der Waals surface area contributed by atoms with E-state index in [-0.39, 0.29) is 41.0 Å². The van der Waals surface area contributed by atoms with E-state index in [4.69, 9.17) is 11.6 Å². The van der Waals surface area contributed by atoms with Gasteiger partial charge in [0.15, 0.2) is 0 Å². The highest BCUT2D eigenvalue weighted by atomic mass is 35.5. The summed E-state index contributed by atoms with van der Waals surface area (Å²) in [6.07, 6.45) is 4.96. The molecule has 1 heterocycles. The molecule has 2 bridgehead atoms. The Morgan fingerprint density at radius 3 is 2.81 bits per heavy atom. The maximum atomic E-state index is 12.9. The van der Waals surface area contributed by atoms with E-state index in [1.54, 1.807) is 0 Å². The van der Waals surface area contributed by atoms with E-state index in [0.717, 1.165) is 11.3 Å². The lowest BCUT2D eigenvalue weighted by Gasteiger charge is -2.28. The van der Waals surface area contributed by atoms with Gasteiger partial charge in [-0.05, 0) is 43.4 Å². The van der Waals surface area contributed by atoms with Crippen LogP contribution in [0.15, 0.2) is 30.4 Å². The Labute approximate surface area is 127 Å². The van der Waals surface area contributed by atoms with Gasteiger partial charge in [-0.3, -0.25) is 9.59 Å². The number of amides is 2. The van der Waals surface area contributed by atoms with Crippen molar-refractivity contribution >= 4 is 29.1 Å². The number of aromatic hydroxyl groups is 1. The minimum Gasteiger partial charge on any atom is -0.506 e. The Hall–Kier alpha value is -1.81. The number of anilines is 1. The Bertz CT molecular complexity index is 713. The fourth-order valence-corrected chi connectivity index (χ4v) is 4.38. The summed E-state index contributed by atoms with van der Waals surface area (Å²) in [6, 6.07) is 4.40. The number of benzene rings is 1. The van der Waals surface area contributed by atoms with Crippen LogP contribution in [0.25, 0.3) is 0 Å². The van der Waals surface area contributed by atoms with Crippen molar-refractivity contribution < 1.29 is 14.7 Å². The van der Waals surface area contributed by atoms with Crippen LogP contribution in [0.5, 0.6) is 5.75 Å². The first-order chi connectivity index (χ1) is 9.94. The second-order valence-corrected chi connectivity index (χ2v) is 6.70. The fourth-order valence-electron chi connectivity index (χ4n) is 4.21. The molecule has 0 aromatic heterocycles. The van der Waals surface area contributed by atoms with Crippen LogP contribution in [-0.2, 0) is 9.59 Å². The molecule has 21 heavy (non-hydrogen) atoms. The number of imide groups is 1. The number of allylic oxidation sites excluding steroid dienone is 2. The van der Waals surface area contributed by atoms with E-state index < -0.39 is 5.41 Å². The molecule has 5 heteroatoms. The molecule has 2 fully saturated rings. The first kappa shape index (κ1) is 12.9. The highest BCUT2D eigenvalue weighted by Gasteiger charge is 2.67. The second kappa shape index (κ2) is 3.89. The average molecular weight is 304 g/mol. The summed E-state index contributed by atoms with van der Waals surface area (Å²) in [5, 5.41) is 10.4. The number of carbonyl (C=O) groups is 2.